The monoisotopic (exact) mass is 297 g/mol. The number of hydrogen-bond donors (Lipinski definition) is 1. The highest BCUT2D eigenvalue weighted by Crippen LogP contribution is 2.25. The fourth-order valence-corrected chi connectivity index (χ4v) is 2.21. The van der Waals surface area contributed by atoms with Crippen LogP contribution in [0.15, 0.2) is 12.1 Å². The van der Waals surface area contributed by atoms with Gasteiger partial charge in [-0.1, -0.05) is 33.0 Å². The maximum Gasteiger partial charge on any atom is 0.161 e. The third-order valence-corrected chi connectivity index (χ3v) is 3.68. The summed E-state index contributed by atoms with van der Waals surface area (Å²) in [4.78, 5) is 4.79. The molecule has 0 aliphatic carbocycles. The Bertz CT molecular complexity index is 664. The van der Waals surface area contributed by atoms with Crippen molar-refractivity contribution in [3.63, 3.8) is 0 Å². The van der Waals surface area contributed by atoms with E-state index in [4.69, 9.17) is 18.0 Å². The van der Waals surface area contributed by atoms with Crippen molar-refractivity contribution in [1.82, 2.24) is 9.55 Å². The third kappa shape index (κ3) is 2.65. The van der Waals surface area contributed by atoms with Gasteiger partial charge in [-0.25, -0.2) is 13.8 Å². The molecule has 2 aromatic rings. The molecule has 108 valence electrons. The molecule has 0 fully saturated rings. The highest BCUT2D eigenvalue weighted by molar-refractivity contribution is 7.80. The number of nitrogens with zero attached hydrogens (tertiary/aromatic N) is 2. The molecule has 0 amide bonds. The number of rotatable bonds is 4. The van der Waals surface area contributed by atoms with Gasteiger partial charge in [0, 0.05) is 30.5 Å². The molecule has 1 heterocycles. The van der Waals surface area contributed by atoms with E-state index < -0.39 is 11.6 Å². The van der Waals surface area contributed by atoms with Crippen LogP contribution in [-0.2, 0) is 6.54 Å². The lowest BCUT2D eigenvalue weighted by molar-refractivity contribution is 0.509. The summed E-state index contributed by atoms with van der Waals surface area (Å²) in [6, 6.07) is 2.30. The summed E-state index contributed by atoms with van der Waals surface area (Å²) in [5, 5.41) is 0. The second kappa shape index (κ2) is 5.44. The lowest BCUT2D eigenvalue weighted by atomic mass is 10.1. The molecule has 20 heavy (non-hydrogen) atoms. The lowest BCUT2D eigenvalue weighted by Crippen LogP contribution is -2.24. The molecular weight excluding hydrogens is 280 g/mol. The standard InChI is InChI=1S/C14H17F2N3S/c1-7(2)14-18-11-4-9(15)10(16)5-12(11)19(14)6-8(3)13(17)20/h4-5,7-8H,6H2,1-3H3,(H2,17,20). The summed E-state index contributed by atoms with van der Waals surface area (Å²) in [5.41, 5.74) is 6.65. The van der Waals surface area contributed by atoms with Crippen molar-refractivity contribution in [2.24, 2.45) is 11.7 Å². The minimum absolute atomic E-state index is 0.0481. The van der Waals surface area contributed by atoms with Gasteiger partial charge in [0.15, 0.2) is 11.6 Å². The number of nitrogens with two attached hydrogens (primary N) is 1. The molecule has 0 radical (unpaired) electrons. The molecule has 2 N–H and O–H groups in total. The maximum absolute atomic E-state index is 13.5. The molecule has 0 aliphatic rings. The van der Waals surface area contributed by atoms with Crippen LogP contribution in [-0.4, -0.2) is 14.5 Å². The van der Waals surface area contributed by atoms with E-state index in [0.717, 1.165) is 11.9 Å². The van der Waals surface area contributed by atoms with Gasteiger partial charge in [-0.15, -0.1) is 0 Å². The molecule has 6 heteroatoms. The number of aromatic nitrogens is 2. The molecular formula is C14H17F2N3S. The Labute approximate surface area is 121 Å². The minimum Gasteiger partial charge on any atom is -0.393 e. The van der Waals surface area contributed by atoms with Crippen molar-refractivity contribution < 1.29 is 8.78 Å². The maximum atomic E-state index is 13.5. The lowest BCUT2D eigenvalue weighted by Gasteiger charge is -2.15. The summed E-state index contributed by atoms with van der Waals surface area (Å²) < 4.78 is 28.7. The highest BCUT2D eigenvalue weighted by Gasteiger charge is 2.18. The van der Waals surface area contributed by atoms with Gasteiger partial charge in [0.2, 0.25) is 0 Å². The van der Waals surface area contributed by atoms with Gasteiger partial charge in [-0.2, -0.15) is 0 Å². The Hall–Kier alpha value is -1.56. The van der Waals surface area contributed by atoms with Gasteiger partial charge >= 0.3 is 0 Å². The quantitative estimate of drug-likeness (QED) is 0.880. The number of fused-ring (bicyclic) bond motifs is 1. The zero-order valence-electron chi connectivity index (χ0n) is 11.7. The second-order valence-electron chi connectivity index (χ2n) is 5.29. The van der Waals surface area contributed by atoms with Gasteiger partial charge in [-0.3, -0.25) is 0 Å². The van der Waals surface area contributed by atoms with Crippen molar-refractivity contribution in [2.45, 2.75) is 33.2 Å². The van der Waals surface area contributed by atoms with Crippen molar-refractivity contribution in [2.75, 3.05) is 0 Å². The Morgan fingerprint density at radius 2 is 1.90 bits per heavy atom. The Morgan fingerprint density at radius 3 is 2.45 bits per heavy atom. The number of benzene rings is 1. The van der Waals surface area contributed by atoms with Crippen LogP contribution in [0.1, 0.15) is 32.5 Å². The fourth-order valence-electron chi connectivity index (χ4n) is 2.14. The predicted octanol–water partition coefficient (Wildman–Crippen LogP) is 3.36. The summed E-state index contributed by atoms with van der Waals surface area (Å²) >= 11 is 4.98. The van der Waals surface area contributed by atoms with Crippen molar-refractivity contribution in [3.8, 4) is 0 Å². The predicted molar refractivity (Wildman–Crippen MR) is 79.7 cm³/mol. The number of hydrogen-bond acceptors (Lipinski definition) is 2. The first-order valence-electron chi connectivity index (χ1n) is 6.45. The summed E-state index contributed by atoms with van der Waals surface area (Å²) in [7, 11) is 0. The Kier molecular flexibility index (Phi) is 4.04. The van der Waals surface area contributed by atoms with Crippen molar-refractivity contribution >= 4 is 28.2 Å². The topological polar surface area (TPSA) is 43.8 Å². The van der Waals surface area contributed by atoms with Crippen LogP contribution in [0.25, 0.3) is 11.0 Å². The third-order valence-electron chi connectivity index (χ3n) is 3.28. The molecule has 3 nitrogen and oxygen atoms in total. The number of imidazole rings is 1. The Balaban J connectivity index is 2.62. The van der Waals surface area contributed by atoms with Gasteiger partial charge in [-0.05, 0) is 0 Å². The molecule has 0 saturated heterocycles. The van der Waals surface area contributed by atoms with Crippen LogP contribution in [0.3, 0.4) is 0 Å². The molecule has 1 atom stereocenters. The van der Waals surface area contributed by atoms with E-state index in [0.29, 0.717) is 22.6 Å². The average Bonchev–Trinajstić information content (AvgIpc) is 2.68. The minimum atomic E-state index is -0.889. The van der Waals surface area contributed by atoms with Crippen LogP contribution < -0.4 is 5.73 Å². The summed E-state index contributed by atoms with van der Waals surface area (Å²) in [5.74, 6) is -0.912. The van der Waals surface area contributed by atoms with Crippen molar-refractivity contribution in [1.29, 1.82) is 0 Å². The highest BCUT2D eigenvalue weighted by atomic mass is 32.1. The van der Waals surface area contributed by atoms with E-state index in [9.17, 15) is 8.78 Å². The van der Waals surface area contributed by atoms with E-state index in [1.807, 2.05) is 25.3 Å². The van der Waals surface area contributed by atoms with Crippen LogP contribution in [0, 0.1) is 17.6 Å². The summed E-state index contributed by atoms with van der Waals surface area (Å²) in [6.07, 6.45) is 0. The molecule has 0 spiro atoms. The van der Waals surface area contributed by atoms with E-state index in [2.05, 4.69) is 4.98 Å². The summed E-state index contributed by atoms with van der Waals surface area (Å²) in [6.45, 7) is 6.37. The second-order valence-corrected chi connectivity index (χ2v) is 5.77. The zero-order chi connectivity index (χ0) is 15.0. The molecule has 0 bridgehead atoms. The van der Waals surface area contributed by atoms with E-state index in [1.165, 1.54) is 6.07 Å². The Morgan fingerprint density at radius 1 is 1.30 bits per heavy atom. The first-order valence-corrected chi connectivity index (χ1v) is 6.86. The molecule has 0 saturated carbocycles. The average molecular weight is 297 g/mol. The smallest absolute Gasteiger partial charge is 0.161 e. The largest absolute Gasteiger partial charge is 0.393 e. The molecule has 0 aliphatic heterocycles. The SMILES string of the molecule is CC(Cn1c(C(C)C)nc2cc(F)c(F)cc21)C(N)=S. The van der Waals surface area contributed by atoms with Crippen LogP contribution in [0.5, 0.6) is 0 Å². The number of thiocarbonyl (C=S) groups is 1. The van der Waals surface area contributed by atoms with Crippen LogP contribution in [0.2, 0.25) is 0 Å². The van der Waals surface area contributed by atoms with Crippen LogP contribution >= 0.6 is 12.2 Å². The van der Waals surface area contributed by atoms with Gasteiger partial charge < -0.3 is 10.3 Å². The van der Waals surface area contributed by atoms with Gasteiger partial charge in [0.1, 0.15) is 5.82 Å². The number of halogens is 2. The van der Waals surface area contributed by atoms with E-state index in [-0.39, 0.29) is 11.8 Å². The first-order chi connectivity index (χ1) is 9.31. The van der Waals surface area contributed by atoms with Gasteiger partial charge in [0.05, 0.1) is 16.0 Å². The molecule has 1 unspecified atom stereocenters. The van der Waals surface area contributed by atoms with E-state index in [1.54, 1.807) is 0 Å². The first kappa shape index (κ1) is 14.8. The molecule has 2 rings (SSSR count). The fraction of sp³-hybridized carbons (Fsp3) is 0.429. The van der Waals surface area contributed by atoms with Crippen molar-refractivity contribution in [3.05, 3.63) is 29.6 Å². The molecule has 1 aromatic carbocycles. The normalized spacial score (nSPS) is 13.1. The van der Waals surface area contributed by atoms with Gasteiger partial charge in [0.25, 0.3) is 0 Å². The van der Waals surface area contributed by atoms with Crippen LogP contribution in [0.4, 0.5) is 8.78 Å². The van der Waals surface area contributed by atoms with E-state index >= 15 is 0 Å². The zero-order valence-corrected chi connectivity index (χ0v) is 12.5. The molecule has 1 aromatic heterocycles.